The largest absolute Gasteiger partial charge is 0.505 e. The number of alkyl halides is 3. The summed E-state index contributed by atoms with van der Waals surface area (Å²) in [6.07, 6.45) is -3.57. The summed E-state index contributed by atoms with van der Waals surface area (Å²) in [5.41, 5.74) is -0.386. The van der Waals surface area contributed by atoms with Gasteiger partial charge in [-0.25, -0.2) is 14.1 Å². The summed E-state index contributed by atoms with van der Waals surface area (Å²) < 4.78 is 58.7. The third-order valence-corrected chi connectivity index (χ3v) is 5.39. The molecule has 0 bridgehead atoms. The molecule has 0 aliphatic rings. The number of amides is 1. The van der Waals surface area contributed by atoms with Gasteiger partial charge in [0.1, 0.15) is 23.6 Å². The fourth-order valence-electron chi connectivity index (χ4n) is 3.03. The van der Waals surface area contributed by atoms with Gasteiger partial charge in [0, 0.05) is 6.54 Å². The Balaban J connectivity index is 1.37. The molecule has 4 rings (SSSR count). The van der Waals surface area contributed by atoms with Crippen LogP contribution in [0.2, 0.25) is 10.0 Å². The number of carbonyl (C=O) groups excluding carboxylic acids is 1. The van der Waals surface area contributed by atoms with Gasteiger partial charge in [-0.1, -0.05) is 35.3 Å². The van der Waals surface area contributed by atoms with Crippen molar-refractivity contribution in [2.24, 2.45) is 0 Å². The summed E-state index contributed by atoms with van der Waals surface area (Å²) in [7, 11) is 0. The lowest BCUT2D eigenvalue weighted by molar-refractivity contribution is -0.140. The van der Waals surface area contributed by atoms with Crippen LogP contribution in [0.1, 0.15) is 21.7 Å². The SMILES string of the molecule is O=C(NCc1ccc(Oc2ccc(F)c(C(F)(F)F)c2)cc1)c1ncn(-c2cc(Cl)c(O)c(Cl)c2)n1. The van der Waals surface area contributed by atoms with Gasteiger partial charge in [-0.15, -0.1) is 5.10 Å². The molecule has 0 spiro atoms. The predicted octanol–water partition coefficient (Wildman–Crippen LogP) is 6.16. The number of ether oxygens (including phenoxy) is 1. The Morgan fingerprint density at radius 3 is 2.31 bits per heavy atom. The van der Waals surface area contributed by atoms with E-state index in [1.54, 1.807) is 12.1 Å². The average molecular weight is 541 g/mol. The monoisotopic (exact) mass is 540 g/mol. The molecule has 3 aromatic carbocycles. The predicted molar refractivity (Wildman–Crippen MR) is 122 cm³/mol. The minimum atomic E-state index is -4.85. The van der Waals surface area contributed by atoms with E-state index in [1.165, 1.54) is 35.3 Å². The number of aromatic hydroxyl groups is 1. The summed E-state index contributed by atoms with van der Waals surface area (Å²) in [6, 6.07) is 11.3. The van der Waals surface area contributed by atoms with Gasteiger partial charge in [0.05, 0.1) is 21.3 Å². The first-order chi connectivity index (χ1) is 17.0. The van der Waals surface area contributed by atoms with Crippen molar-refractivity contribution in [3.8, 4) is 22.9 Å². The van der Waals surface area contributed by atoms with Crippen LogP contribution in [0.3, 0.4) is 0 Å². The van der Waals surface area contributed by atoms with Gasteiger partial charge in [0.25, 0.3) is 5.91 Å². The van der Waals surface area contributed by atoms with Crippen molar-refractivity contribution in [3.05, 3.63) is 93.7 Å². The third kappa shape index (κ3) is 5.69. The normalized spacial score (nSPS) is 11.4. The third-order valence-electron chi connectivity index (χ3n) is 4.82. The van der Waals surface area contributed by atoms with Crippen molar-refractivity contribution in [3.63, 3.8) is 0 Å². The number of rotatable bonds is 6. The lowest BCUT2D eigenvalue weighted by Gasteiger charge is -2.11. The van der Waals surface area contributed by atoms with Crippen LogP contribution in [0.4, 0.5) is 17.6 Å². The minimum Gasteiger partial charge on any atom is -0.505 e. The topological polar surface area (TPSA) is 89.3 Å². The molecule has 0 saturated carbocycles. The fourth-order valence-corrected chi connectivity index (χ4v) is 3.51. The zero-order chi connectivity index (χ0) is 26.0. The molecule has 186 valence electrons. The van der Waals surface area contributed by atoms with Crippen LogP contribution in [0.25, 0.3) is 5.69 Å². The van der Waals surface area contributed by atoms with Crippen LogP contribution in [0.5, 0.6) is 17.2 Å². The molecule has 0 aliphatic carbocycles. The number of halogens is 6. The molecule has 0 unspecified atom stereocenters. The maximum atomic E-state index is 13.4. The molecule has 2 N–H and O–H groups in total. The molecule has 13 heteroatoms. The first-order valence-electron chi connectivity index (χ1n) is 10.0. The van der Waals surface area contributed by atoms with Crippen molar-refractivity contribution in [2.45, 2.75) is 12.7 Å². The number of hydrogen-bond acceptors (Lipinski definition) is 5. The van der Waals surface area contributed by atoms with Crippen molar-refractivity contribution in [1.29, 1.82) is 0 Å². The van der Waals surface area contributed by atoms with E-state index < -0.39 is 23.5 Å². The average Bonchev–Trinajstić information content (AvgIpc) is 3.33. The van der Waals surface area contributed by atoms with E-state index in [9.17, 15) is 27.5 Å². The van der Waals surface area contributed by atoms with Crippen LogP contribution in [-0.4, -0.2) is 25.8 Å². The van der Waals surface area contributed by atoms with Gasteiger partial charge in [-0.2, -0.15) is 13.2 Å². The molecule has 0 saturated heterocycles. The van der Waals surface area contributed by atoms with Gasteiger partial charge in [-0.3, -0.25) is 4.79 Å². The highest BCUT2D eigenvalue weighted by Crippen LogP contribution is 2.35. The number of phenols is 1. The number of nitrogens with zero attached hydrogens (tertiary/aromatic N) is 3. The number of aromatic nitrogens is 3. The molecule has 7 nitrogen and oxygen atoms in total. The summed E-state index contributed by atoms with van der Waals surface area (Å²) in [5, 5.41) is 16.4. The molecule has 1 aromatic heterocycles. The second-order valence-electron chi connectivity index (χ2n) is 7.34. The molecule has 1 amide bonds. The van der Waals surface area contributed by atoms with Crippen molar-refractivity contribution in [1.82, 2.24) is 20.1 Å². The lowest BCUT2D eigenvalue weighted by Crippen LogP contribution is -2.24. The number of benzene rings is 3. The smallest absolute Gasteiger partial charge is 0.419 e. The van der Waals surface area contributed by atoms with Gasteiger partial charge in [0.15, 0.2) is 5.75 Å². The van der Waals surface area contributed by atoms with E-state index in [4.69, 9.17) is 27.9 Å². The van der Waals surface area contributed by atoms with Crippen molar-refractivity contribution >= 4 is 29.1 Å². The number of phenolic OH excluding ortho intramolecular Hbond substituents is 1. The molecule has 0 fully saturated rings. The highest BCUT2D eigenvalue weighted by Gasteiger charge is 2.34. The Hall–Kier alpha value is -3.83. The lowest BCUT2D eigenvalue weighted by atomic mass is 10.2. The first-order valence-corrected chi connectivity index (χ1v) is 10.8. The van der Waals surface area contributed by atoms with Gasteiger partial charge < -0.3 is 15.2 Å². The quantitative estimate of drug-likeness (QED) is 0.286. The Kier molecular flexibility index (Phi) is 7.04. The maximum absolute atomic E-state index is 13.4. The second kappa shape index (κ2) is 10.0. The van der Waals surface area contributed by atoms with E-state index in [-0.39, 0.29) is 39.7 Å². The highest BCUT2D eigenvalue weighted by atomic mass is 35.5. The fraction of sp³-hybridized carbons (Fsp3) is 0.0870. The number of nitrogens with one attached hydrogen (secondary N) is 1. The highest BCUT2D eigenvalue weighted by molar-refractivity contribution is 6.37. The Morgan fingerprint density at radius 2 is 1.67 bits per heavy atom. The van der Waals surface area contributed by atoms with Crippen LogP contribution < -0.4 is 10.1 Å². The Bertz CT molecular complexity index is 1400. The second-order valence-corrected chi connectivity index (χ2v) is 8.15. The van der Waals surface area contributed by atoms with E-state index in [1.807, 2.05) is 0 Å². The van der Waals surface area contributed by atoms with E-state index in [2.05, 4.69) is 15.4 Å². The van der Waals surface area contributed by atoms with E-state index in [0.717, 1.165) is 6.07 Å². The molecule has 0 atom stereocenters. The van der Waals surface area contributed by atoms with Crippen LogP contribution >= 0.6 is 23.2 Å². The van der Waals surface area contributed by atoms with Crippen LogP contribution in [0, 0.1) is 5.82 Å². The Morgan fingerprint density at radius 1 is 1.03 bits per heavy atom. The summed E-state index contributed by atoms with van der Waals surface area (Å²) in [4.78, 5) is 16.4. The van der Waals surface area contributed by atoms with Crippen LogP contribution in [0.15, 0.2) is 60.9 Å². The van der Waals surface area contributed by atoms with Crippen molar-refractivity contribution < 1.29 is 32.2 Å². The molecule has 0 aliphatic heterocycles. The van der Waals surface area contributed by atoms with Gasteiger partial charge in [-0.05, 0) is 48.0 Å². The van der Waals surface area contributed by atoms with E-state index in [0.29, 0.717) is 23.4 Å². The molecular formula is C23H14Cl2F4N4O3. The van der Waals surface area contributed by atoms with Crippen LogP contribution in [-0.2, 0) is 12.7 Å². The van der Waals surface area contributed by atoms with Gasteiger partial charge >= 0.3 is 6.18 Å². The zero-order valence-corrected chi connectivity index (χ0v) is 19.4. The molecule has 36 heavy (non-hydrogen) atoms. The van der Waals surface area contributed by atoms with Gasteiger partial charge in [0.2, 0.25) is 5.82 Å². The number of hydrogen-bond donors (Lipinski definition) is 2. The first kappa shape index (κ1) is 25.3. The Labute approximate surface area is 210 Å². The number of carbonyl (C=O) groups is 1. The van der Waals surface area contributed by atoms with E-state index >= 15 is 0 Å². The summed E-state index contributed by atoms with van der Waals surface area (Å²) in [5.74, 6) is -2.33. The molecule has 0 radical (unpaired) electrons. The summed E-state index contributed by atoms with van der Waals surface area (Å²) >= 11 is 11.8. The maximum Gasteiger partial charge on any atom is 0.419 e. The molecule has 4 aromatic rings. The summed E-state index contributed by atoms with van der Waals surface area (Å²) in [6.45, 7) is 0.0965. The van der Waals surface area contributed by atoms with Crippen molar-refractivity contribution in [2.75, 3.05) is 0 Å². The molecule has 1 heterocycles. The standard InChI is InChI=1S/C23H14Cl2F4N4O3/c24-17-7-13(8-18(25)20(17)34)33-11-31-21(32-33)22(35)30-10-12-1-3-14(4-2-12)36-15-5-6-19(26)16(9-15)23(27,28)29/h1-9,11,34H,10H2,(H,30,35). The molecular weight excluding hydrogens is 527 g/mol. The minimum absolute atomic E-state index is 0.00616. The zero-order valence-electron chi connectivity index (χ0n) is 17.9.